The maximum atomic E-state index is 13.0. The Balaban J connectivity index is 2.17. The molecule has 0 radical (unpaired) electrons. The Bertz CT molecular complexity index is 529. The molecule has 1 unspecified atom stereocenters. The third-order valence-corrected chi connectivity index (χ3v) is 3.86. The molecule has 90 valence electrons. The van der Waals surface area contributed by atoms with Crippen LogP contribution in [0, 0.1) is 5.82 Å². The number of rotatable bonds is 3. The first-order chi connectivity index (χ1) is 8.08. The number of aromatic nitrogens is 3. The molecule has 0 N–H and O–H groups in total. The van der Waals surface area contributed by atoms with Crippen molar-refractivity contribution in [3.05, 3.63) is 40.9 Å². The van der Waals surface area contributed by atoms with Gasteiger partial charge in [-0.1, -0.05) is 29.4 Å². The van der Waals surface area contributed by atoms with Crippen LogP contribution in [0.2, 0.25) is 5.02 Å². The zero-order valence-electron chi connectivity index (χ0n) is 9.39. The first-order valence-corrected chi connectivity index (χ1v) is 6.29. The fourth-order valence-electron chi connectivity index (χ4n) is 1.37. The van der Waals surface area contributed by atoms with Gasteiger partial charge in [0.2, 0.25) is 0 Å². The summed E-state index contributed by atoms with van der Waals surface area (Å²) in [5.74, 6) is -0.397. The van der Waals surface area contributed by atoms with Gasteiger partial charge in [-0.05, 0) is 24.6 Å². The molecule has 1 heterocycles. The molecular weight excluding hydrogens is 261 g/mol. The summed E-state index contributed by atoms with van der Waals surface area (Å²) in [5, 5.41) is 8.90. The van der Waals surface area contributed by atoms with Gasteiger partial charge in [0, 0.05) is 12.3 Å². The Labute approximate surface area is 108 Å². The predicted octanol–water partition coefficient (Wildman–Crippen LogP) is 3.46. The Morgan fingerprint density at radius 3 is 2.82 bits per heavy atom. The molecule has 0 spiro atoms. The van der Waals surface area contributed by atoms with Gasteiger partial charge in [-0.3, -0.25) is 0 Å². The Hall–Kier alpha value is -1.07. The van der Waals surface area contributed by atoms with E-state index in [-0.39, 0.29) is 10.3 Å². The molecule has 2 rings (SSSR count). The minimum atomic E-state index is -0.397. The standard InChI is InChI=1S/C11H11ClFN3S/c1-7(17-11-15-14-6-16(11)2)8-3-4-10(13)9(12)5-8/h3-7H,1-2H3. The fourth-order valence-corrected chi connectivity index (χ4v) is 2.47. The number of halogens is 2. The molecule has 0 aliphatic carbocycles. The van der Waals surface area contributed by atoms with Crippen LogP contribution in [0.5, 0.6) is 0 Å². The Morgan fingerprint density at radius 2 is 2.24 bits per heavy atom. The summed E-state index contributed by atoms with van der Waals surface area (Å²) in [4.78, 5) is 0. The van der Waals surface area contributed by atoms with E-state index in [1.807, 2.05) is 18.5 Å². The van der Waals surface area contributed by atoms with Crippen molar-refractivity contribution in [1.29, 1.82) is 0 Å². The summed E-state index contributed by atoms with van der Waals surface area (Å²) in [7, 11) is 1.88. The van der Waals surface area contributed by atoms with Crippen LogP contribution in [0.4, 0.5) is 4.39 Å². The molecular formula is C11H11ClFN3S. The van der Waals surface area contributed by atoms with Gasteiger partial charge in [-0.25, -0.2) is 4.39 Å². The van der Waals surface area contributed by atoms with Crippen molar-refractivity contribution in [3.63, 3.8) is 0 Å². The number of benzene rings is 1. The molecule has 0 bridgehead atoms. The van der Waals surface area contributed by atoms with Gasteiger partial charge in [0.1, 0.15) is 12.1 Å². The van der Waals surface area contributed by atoms with E-state index in [0.717, 1.165) is 10.7 Å². The van der Waals surface area contributed by atoms with Crippen LogP contribution >= 0.6 is 23.4 Å². The summed E-state index contributed by atoms with van der Waals surface area (Å²) in [6.07, 6.45) is 1.65. The van der Waals surface area contributed by atoms with Gasteiger partial charge >= 0.3 is 0 Å². The summed E-state index contributed by atoms with van der Waals surface area (Å²) in [6, 6.07) is 4.76. The van der Waals surface area contributed by atoms with E-state index in [2.05, 4.69) is 10.2 Å². The number of hydrogen-bond acceptors (Lipinski definition) is 3. The third-order valence-electron chi connectivity index (χ3n) is 2.37. The maximum absolute atomic E-state index is 13.0. The van der Waals surface area contributed by atoms with Crippen LogP contribution in [0.15, 0.2) is 29.7 Å². The van der Waals surface area contributed by atoms with Crippen LogP contribution in [0.25, 0.3) is 0 Å². The molecule has 0 aliphatic heterocycles. The molecule has 3 nitrogen and oxygen atoms in total. The third kappa shape index (κ3) is 2.79. The first kappa shape index (κ1) is 12.4. The van der Waals surface area contributed by atoms with Crippen molar-refractivity contribution in [2.24, 2.45) is 7.05 Å². The van der Waals surface area contributed by atoms with Crippen LogP contribution < -0.4 is 0 Å². The molecule has 0 amide bonds. The molecule has 0 saturated carbocycles. The lowest BCUT2D eigenvalue weighted by Crippen LogP contribution is -1.94. The van der Waals surface area contributed by atoms with E-state index in [9.17, 15) is 4.39 Å². The van der Waals surface area contributed by atoms with E-state index in [4.69, 9.17) is 11.6 Å². The molecule has 0 fully saturated rings. The normalized spacial score (nSPS) is 12.7. The van der Waals surface area contributed by atoms with Gasteiger partial charge < -0.3 is 4.57 Å². The summed E-state index contributed by atoms with van der Waals surface area (Å²) < 4.78 is 14.9. The second kappa shape index (κ2) is 5.06. The second-order valence-electron chi connectivity index (χ2n) is 3.66. The first-order valence-electron chi connectivity index (χ1n) is 5.03. The Morgan fingerprint density at radius 1 is 1.47 bits per heavy atom. The van der Waals surface area contributed by atoms with E-state index in [1.54, 1.807) is 30.2 Å². The van der Waals surface area contributed by atoms with Gasteiger partial charge in [0.25, 0.3) is 0 Å². The molecule has 0 aliphatic rings. The number of aryl methyl sites for hydroxylation is 1. The highest BCUT2D eigenvalue weighted by atomic mass is 35.5. The average Bonchev–Trinajstić information content (AvgIpc) is 2.68. The molecule has 0 saturated heterocycles. The SMILES string of the molecule is CC(Sc1nncn1C)c1ccc(F)c(Cl)c1. The second-order valence-corrected chi connectivity index (χ2v) is 5.37. The lowest BCUT2D eigenvalue weighted by atomic mass is 10.2. The highest BCUT2D eigenvalue weighted by Gasteiger charge is 2.12. The molecule has 6 heteroatoms. The van der Waals surface area contributed by atoms with Gasteiger partial charge in [-0.15, -0.1) is 10.2 Å². The highest BCUT2D eigenvalue weighted by Crippen LogP contribution is 2.34. The van der Waals surface area contributed by atoms with E-state index in [0.29, 0.717) is 0 Å². The lowest BCUT2D eigenvalue weighted by molar-refractivity contribution is 0.627. The van der Waals surface area contributed by atoms with Crippen molar-refractivity contribution in [2.45, 2.75) is 17.3 Å². The molecule has 1 aromatic heterocycles. The van der Waals surface area contributed by atoms with Gasteiger partial charge in [0.05, 0.1) is 5.02 Å². The number of nitrogens with zero attached hydrogens (tertiary/aromatic N) is 3. The topological polar surface area (TPSA) is 30.7 Å². The molecule has 1 aromatic carbocycles. The molecule has 17 heavy (non-hydrogen) atoms. The van der Waals surface area contributed by atoms with Crippen molar-refractivity contribution in [3.8, 4) is 0 Å². The summed E-state index contributed by atoms with van der Waals surface area (Å²) in [5.41, 5.74) is 0.962. The largest absolute Gasteiger partial charge is 0.312 e. The zero-order valence-corrected chi connectivity index (χ0v) is 11.0. The van der Waals surface area contributed by atoms with Crippen LogP contribution in [0.1, 0.15) is 17.7 Å². The zero-order chi connectivity index (χ0) is 12.4. The van der Waals surface area contributed by atoms with Crippen LogP contribution in [0.3, 0.4) is 0 Å². The maximum Gasteiger partial charge on any atom is 0.191 e. The van der Waals surface area contributed by atoms with Crippen molar-refractivity contribution in [2.75, 3.05) is 0 Å². The smallest absolute Gasteiger partial charge is 0.191 e. The van der Waals surface area contributed by atoms with Crippen molar-refractivity contribution in [1.82, 2.24) is 14.8 Å². The summed E-state index contributed by atoms with van der Waals surface area (Å²) >= 11 is 7.31. The summed E-state index contributed by atoms with van der Waals surface area (Å²) in [6.45, 7) is 2.02. The predicted molar refractivity (Wildman–Crippen MR) is 66.7 cm³/mol. The van der Waals surface area contributed by atoms with Crippen LogP contribution in [-0.2, 0) is 7.05 Å². The van der Waals surface area contributed by atoms with Crippen LogP contribution in [-0.4, -0.2) is 14.8 Å². The molecule has 1 atom stereocenters. The fraction of sp³-hybridized carbons (Fsp3) is 0.273. The van der Waals surface area contributed by atoms with E-state index >= 15 is 0 Å². The highest BCUT2D eigenvalue weighted by molar-refractivity contribution is 7.99. The van der Waals surface area contributed by atoms with Gasteiger partial charge in [-0.2, -0.15) is 0 Å². The monoisotopic (exact) mass is 271 g/mol. The van der Waals surface area contributed by atoms with Gasteiger partial charge in [0.15, 0.2) is 5.16 Å². The molecule has 2 aromatic rings. The minimum absolute atomic E-state index is 0.135. The van der Waals surface area contributed by atoms with Crippen molar-refractivity contribution >= 4 is 23.4 Å². The number of thioether (sulfide) groups is 1. The average molecular weight is 272 g/mol. The lowest BCUT2D eigenvalue weighted by Gasteiger charge is -2.11. The minimum Gasteiger partial charge on any atom is -0.312 e. The van der Waals surface area contributed by atoms with E-state index < -0.39 is 5.82 Å². The van der Waals surface area contributed by atoms with Crippen molar-refractivity contribution < 1.29 is 4.39 Å². The van der Waals surface area contributed by atoms with E-state index in [1.165, 1.54) is 6.07 Å². The number of hydrogen-bond donors (Lipinski definition) is 0. The quantitative estimate of drug-likeness (QED) is 0.801. The Kier molecular flexibility index (Phi) is 3.69.